The molecule has 1 aromatic heterocycles. The molecule has 3 amide bonds. The molecule has 0 unspecified atom stereocenters. The number of amides is 3. The van der Waals surface area contributed by atoms with Gasteiger partial charge in [0.25, 0.3) is 5.91 Å². The lowest BCUT2D eigenvalue weighted by atomic mass is 10.2. The first-order chi connectivity index (χ1) is 12.5. The van der Waals surface area contributed by atoms with Gasteiger partial charge in [-0.25, -0.2) is 9.48 Å². The predicted octanol–water partition coefficient (Wildman–Crippen LogP) is 2.98. The molecule has 0 saturated heterocycles. The lowest BCUT2D eigenvalue weighted by molar-refractivity contribution is 0.102. The maximum absolute atomic E-state index is 12.6. The van der Waals surface area contributed by atoms with Crippen molar-refractivity contribution in [2.45, 2.75) is 13.5 Å². The van der Waals surface area contributed by atoms with Gasteiger partial charge in [-0.3, -0.25) is 4.79 Å². The highest BCUT2D eigenvalue weighted by Crippen LogP contribution is 2.16. The fourth-order valence-electron chi connectivity index (χ4n) is 2.59. The lowest BCUT2D eigenvalue weighted by Crippen LogP contribution is -2.20. The number of anilines is 2. The standard InChI is InChI=1S/C19H19N5O2/c1-13-10-17(24(23-13)12-14-6-3-2-4-7-14)22-18(25)15-8-5-9-16(11-15)21-19(20)26/h2-11H,12H2,1H3,(H,22,25)(H3,20,21,26). The minimum atomic E-state index is -0.681. The maximum Gasteiger partial charge on any atom is 0.316 e. The molecular formula is C19H19N5O2. The minimum Gasteiger partial charge on any atom is -0.351 e. The van der Waals surface area contributed by atoms with E-state index < -0.39 is 6.03 Å². The Hall–Kier alpha value is -3.61. The zero-order valence-corrected chi connectivity index (χ0v) is 14.3. The molecule has 0 atom stereocenters. The molecule has 7 heteroatoms. The molecule has 4 N–H and O–H groups in total. The zero-order valence-electron chi connectivity index (χ0n) is 14.3. The third-order valence-electron chi connectivity index (χ3n) is 3.71. The highest BCUT2D eigenvalue weighted by atomic mass is 16.2. The summed E-state index contributed by atoms with van der Waals surface area (Å²) in [5, 5.41) is 9.76. The van der Waals surface area contributed by atoms with Crippen molar-refractivity contribution in [3.63, 3.8) is 0 Å². The average Bonchev–Trinajstić information content (AvgIpc) is 2.94. The van der Waals surface area contributed by atoms with Crippen LogP contribution in [0, 0.1) is 6.92 Å². The molecule has 0 radical (unpaired) electrons. The van der Waals surface area contributed by atoms with E-state index in [1.54, 1.807) is 28.9 Å². The van der Waals surface area contributed by atoms with Crippen LogP contribution in [0.4, 0.5) is 16.3 Å². The summed E-state index contributed by atoms with van der Waals surface area (Å²) >= 11 is 0. The van der Waals surface area contributed by atoms with Gasteiger partial charge in [0, 0.05) is 17.3 Å². The van der Waals surface area contributed by atoms with Crippen LogP contribution >= 0.6 is 0 Å². The summed E-state index contributed by atoms with van der Waals surface area (Å²) in [6.07, 6.45) is 0. The Morgan fingerprint density at radius 1 is 1.04 bits per heavy atom. The lowest BCUT2D eigenvalue weighted by Gasteiger charge is -2.10. The van der Waals surface area contributed by atoms with E-state index in [9.17, 15) is 9.59 Å². The molecule has 132 valence electrons. The van der Waals surface area contributed by atoms with Crippen molar-refractivity contribution in [1.82, 2.24) is 9.78 Å². The molecule has 0 fully saturated rings. The number of aromatic nitrogens is 2. The molecule has 0 spiro atoms. The van der Waals surface area contributed by atoms with E-state index in [-0.39, 0.29) is 5.91 Å². The Labute approximate surface area is 150 Å². The first-order valence-corrected chi connectivity index (χ1v) is 8.07. The van der Waals surface area contributed by atoms with Crippen molar-refractivity contribution in [3.8, 4) is 0 Å². The summed E-state index contributed by atoms with van der Waals surface area (Å²) < 4.78 is 1.74. The zero-order chi connectivity index (χ0) is 18.5. The van der Waals surface area contributed by atoms with E-state index in [0.29, 0.717) is 23.6 Å². The summed E-state index contributed by atoms with van der Waals surface area (Å²) in [4.78, 5) is 23.5. The Morgan fingerprint density at radius 3 is 2.54 bits per heavy atom. The van der Waals surface area contributed by atoms with Crippen molar-refractivity contribution in [2.75, 3.05) is 10.6 Å². The van der Waals surface area contributed by atoms with Crippen LogP contribution in [0.3, 0.4) is 0 Å². The van der Waals surface area contributed by atoms with Gasteiger partial charge in [0.2, 0.25) is 0 Å². The van der Waals surface area contributed by atoms with Crippen LogP contribution in [0.25, 0.3) is 0 Å². The van der Waals surface area contributed by atoms with Crippen LogP contribution in [0.1, 0.15) is 21.6 Å². The molecule has 0 aliphatic rings. The molecule has 7 nitrogen and oxygen atoms in total. The van der Waals surface area contributed by atoms with E-state index in [0.717, 1.165) is 11.3 Å². The van der Waals surface area contributed by atoms with Crippen LogP contribution in [0.5, 0.6) is 0 Å². The highest BCUT2D eigenvalue weighted by Gasteiger charge is 2.12. The van der Waals surface area contributed by atoms with Crippen molar-refractivity contribution >= 4 is 23.4 Å². The number of hydrogen-bond donors (Lipinski definition) is 3. The first kappa shape index (κ1) is 17.2. The van der Waals surface area contributed by atoms with E-state index in [2.05, 4.69) is 15.7 Å². The second-order valence-electron chi connectivity index (χ2n) is 5.84. The number of nitrogens with two attached hydrogens (primary N) is 1. The van der Waals surface area contributed by atoms with Crippen LogP contribution < -0.4 is 16.4 Å². The monoisotopic (exact) mass is 349 g/mol. The molecule has 2 aromatic carbocycles. The predicted molar refractivity (Wildman–Crippen MR) is 100 cm³/mol. The Kier molecular flexibility index (Phi) is 4.98. The summed E-state index contributed by atoms with van der Waals surface area (Å²) in [7, 11) is 0. The number of primary amides is 1. The summed E-state index contributed by atoms with van der Waals surface area (Å²) in [6, 6.07) is 17.6. The SMILES string of the molecule is Cc1cc(NC(=O)c2cccc(NC(N)=O)c2)n(Cc2ccccc2)n1. The molecule has 3 rings (SSSR count). The first-order valence-electron chi connectivity index (χ1n) is 8.07. The average molecular weight is 349 g/mol. The number of benzene rings is 2. The Balaban J connectivity index is 1.78. The number of rotatable bonds is 5. The van der Waals surface area contributed by atoms with Gasteiger partial charge in [0.15, 0.2) is 0 Å². The molecule has 26 heavy (non-hydrogen) atoms. The quantitative estimate of drug-likeness (QED) is 0.660. The third-order valence-corrected chi connectivity index (χ3v) is 3.71. The minimum absolute atomic E-state index is 0.299. The van der Waals surface area contributed by atoms with Crippen LogP contribution in [0.2, 0.25) is 0 Å². The van der Waals surface area contributed by atoms with Gasteiger partial charge in [0.1, 0.15) is 5.82 Å². The molecule has 0 bridgehead atoms. The molecule has 1 heterocycles. The number of nitrogens with zero attached hydrogens (tertiary/aromatic N) is 2. The maximum atomic E-state index is 12.6. The summed E-state index contributed by atoms with van der Waals surface area (Å²) in [5.41, 5.74) is 7.86. The van der Waals surface area contributed by atoms with Crippen LogP contribution in [-0.2, 0) is 6.54 Å². The topological polar surface area (TPSA) is 102 Å². The van der Waals surface area contributed by atoms with E-state index in [1.807, 2.05) is 43.3 Å². The van der Waals surface area contributed by atoms with E-state index >= 15 is 0 Å². The molecule has 0 aliphatic carbocycles. The molecule has 3 aromatic rings. The molecular weight excluding hydrogens is 330 g/mol. The van der Waals surface area contributed by atoms with Crippen LogP contribution in [0.15, 0.2) is 60.7 Å². The van der Waals surface area contributed by atoms with Crippen molar-refractivity contribution < 1.29 is 9.59 Å². The van der Waals surface area contributed by atoms with Crippen molar-refractivity contribution in [2.24, 2.45) is 5.73 Å². The Bertz CT molecular complexity index is 934. The van der Waals surface area contributed by atoms with Crippen molar-refractivity contribution in [1.29, 1.82) is 0 Å². The number of carbonyl (C=O) groups is 2. The number of aryl methyl sites for hydroxylation is 1. The number of nitrogens with one attached hydrogen (secondary N) is 2. The number of carbonyl (C=O) groups excluding carboxylic acids is 2. The molecule has 0 saturated carbocycles. The Morgan fingerprint density at radius 2 is 1.81 bits per heavy atom. The van der Waals surface area contributed by atoms with E-state index in [1.165, 1.54) is 0 Å². The smallest absolute Gasteiger partial charge is 0.316 e. The molecule has 0 aliphatic heterocycles. The van der Waals surface area contributed by atoms with Gasteiger partial charge in [-0.1, -0.05) is 36.4 Å². The highest BCUT2D eigenvalue weighted by molar-refractivity contribution is 6.04. The second-order valence-corrected chi connectivity index (χ2v) is 5.84. The number of urea groups is 1. The van der Waals surface area contributed by atoms with Gasteiger partial charge in [-0.15, -0.1) is 0 Å². The van der Waals surface area contributed by atoms with E-state index in [4.69, 9.17) is 5.73 Å². The number of hydrogen-bond acceptors (Lipinski definition) is 3. The van der Waals surface area contributed by atoms with Crippen molar-refractivity contribution in [3.05, 3.63) is 77.5 Å². The summed E-state index contributed by atoms with van der Waals surface area (Å²) in [6.45, 7) is 2.42. The summed E-state index contributed by atoms with van der Waals surface area (Å²) in [5.74, 6) is 0.303. The van der Waals surface area contributed by atoms with Gasteiger partial charge >= 0.3 is 6.03 Å². The van der Waals surface area contributed by atoms with Gasteiger partial charge in [0.05, 0.1) is 12.2 Å². The fourth-order valence-corrected chi connectivity index (χ4v) is 2.59. The fraction of sp³-hybridized carbons (Fsp3) is 0.105. The normalized spacial score (nSPS) is 10.3. The second kappa shape index (κ2) is 7.52. The third kappa shape index (κ3) is 4.27. The largest absolute Gasteiger partial charge is 0.351 e. The van der Waals surface area contributed by atoms with Crippen LogP contribution in [-0.4, -0.2) is 21.7 Å². The van der Waals surface area contributed by atoms with Gasteiger partial charge in [-0.05, 0) is 30.7 Å². The van der Waals surface area contributed by atoms with Gasteiger partial charge in [-0.2, -0.15) is 5.10 Å². The van der Waals surface area contributed by atoms with Gasteiger partial charge < -0.3 is 16.4 Å².